The van der Waals surface area contributed by atoms with E-state index < -0.39 is 30.2 Å². The van der Waals surface area contributed by atoms with Crippen LogP contribution in [0.4, 0.5) is 10.5 Å². The lowest BCUT2D eigenvalue weighted by atomic mass is 9.98. The van der Waals surface area contributed by atoms with Crippen LogP contribution in [0.1, 0.15) is 45.1 Å². The molecule has 29 heavy (non-hydrogen) atoms. The summed E-state index contributed by atoms with van der Waals surface area (Å²) in [5.74, 6) is -1.47. The van der Waals surface area contributed by atoms with E-state index in [1.807, 2.05) is 31.2 Å². The van der Waals surface area contributed by atoms with Crippen LogP contribution in [-0.2, 0) is 25.5 Å². The zero-order valence-corrected chi connectivity index (χ0v) is 16.6. The van der Waals surface area contributed by atoms with Crippen LogP contribution in [0.5, 0.6) is 0 Å². The first kappa shape index (κ1) is 19.4. The quantitative estimate of drug-likeness (QED) is 0.615. The van der Waals surface area contributed by atoms with Crippen molar-refractivity contribution in [3.05, 3.63) is 29.8 Å². The molecule has 4 rings (SSSR count). The number of fused-ring (bicyclic) bond motifs is 1. The molecule has 2 heterocycles. The van der Waals surface area contributed by atoms with E-state index in [4.69, 9.17) is 4.74 Å². The van der Waals surface area contributed by atoms with Crippen molar-refractivity contribution >= 4 is 29.5 Å². The summed E-state index contributed by atoms with van der Waals surface area (Å²) < 4.78 is 5.29. The summed E-state index contributed by atoms with van der Waals surface area (Å²) >= 11 is 0. The molecule has 8 nitrogen and oxygen atoms in total. The van der Waals surface area contributed by atoms with E-state index in [1.54, 1.807) is 4.90 Å². The number of nitrogens with one attached hydrogen (secondary N) is 1. The molecule has 1 saturated heterocycles. The minimum absolute atomic E-state index is 0.0331. The number of esters is 1. The fourth-order valence-corrected chi connectivity index (χ4v) is 4.65. The Hall–Kier alpha value is -2.90. The molecule has 1 aromatic carbocycles. The van der Waals surface area contributed by atoms with Crippen LogP contribution in [0.15, 0.2) is 24.3 Å². The number of hydrogen-bond donors (Lipinski definition) is 1. The highest BCUT2D eigenvalue weighted by Crippen LogP contribution is 2.35. The largest absolute Gasteiger partial charge is 0.451 e. The Morgan fingerprint density at radius 1 is 1.24 bits per heavy atom. The minimum Gasteiger partial charge on any atom is -0.451 e. The molecular formula is C21H25N3O5. The number of carbonyl (C=O) groups excluding carboxylic acids is 4. The van der Waals surface area contributed by atoms with E-state index in [2.05, 4.69) is 5.32 Å². The smallest absolute Gasteiger partial charge is 0.327 e. The van der Waals surface area contributed by atoms with Crippen LogP contribution in [0.25, 0.3) is 0 Å². The van der Waals surface area contributed by atoms with Crippen molar-refractivity contribution in [2.24, 2.45) is 0 Å². The van der Waals surface area contributed by atoms with Gasteiger partial charge in [-0.1, -0.05) is 31.0 Å². The minimum atomic E-state index is -1.02. The number of nitrogens with zero attached hydrogens (tertiary/aromatic N) is 2. The van der Waals surface area contributed by atoms with Gasteiger partial charge in [0.25, 0.3) is 11.8 Å². The van der Waals surface area contributed by atoms with Crippen molar-refractivity contribution in [2.45, 2.75) is 63.6 Å². The molecule has 1 aromatic rings. The Morgan fingerprint density at radius 3 is 2.66 bits per heavy atom. The maximum Gasteiger partial charge on any atom is 0.327 e. The fourth-order valence-electron chi connectivity index (χ4n) is 4.65. The molecule has 0 unspecified atom stereocenters. The molecule has 154 valence electrons. The van der Waals surface area contributed by atoms with Gasteiger partial charge < -0.3 is 15.0 Å². The van der Waals surface area contributed by atoms with Crippen LogP contribution in [0.3, 0.4) is 0 Å². The lowest BCUT2D eigenvalue weighted by molar-refractivity contribution is -0.156. The van der Waals surface area contributed by atoms with Crippen LogP contribution < -0.4 is 10.2 Å². The van der Waals surface area contributed by atoms with Gasteiger partial charge in [-0.05, 0) is 44.7 Å². The fraction of sp³-hybridized carbons (Fsp3) is 0.524. The number of anilines is 1. The van der Waals surface area contributed by atoms with Gasteiger partial charge in [0.1, 0.15) is 12.1 Å². The van der Waals surface area contributed by atoms with Crippen LogP contribution in [-0.4, -0.2) is 52.9 Å². The van der Waals surface area contributed by atoms with Gasteiger partial charge in [0.15, 0.2) is 6.10 Å². The van der Waals surface area contributed by atoms with Crippen molar-refractivity contribution in [3.8, 4) is 0 Å². The molecule has 3 aliphatic rings. The molecule has 0 bridgehead atoms. The standard InChI is InChI=1S/C21H25N3O5/c1-13-11-15-7-3-4-8-16(15)24(13)18(26)14(2)29-17(25)12-23-19(27)21(22-20(23)28)9-5-6-10-21/h3-4,7-8,13-14H,5-6,9-12H2,1-2H3,(H,22,28)/t13-,14-/m1/s1. The summed E-state index contributed by atoms with van der Waals surface area (Å²) in [5.41, 5.74) is 1.03. The average Bonchev–Trinajstić information content (AvgIpc) is 3.34. The van der Waals surface area contributed by atoms with Gasteiger partial charge in [-0.25, -0.2) is 4.79 Å². The van der Waals surface area contributed by atoms with E-state index >= 15 is 0 Å². The Morgan fingerprint density at radius 2 is 1.93 bits per heavy atom. The lowest BCUT2D eigenvalue weighted by Crippen LogP contribution is -2.46. The third kappa shape index (κ3) is 3.26. The van der Waals surface area contributed by atoms with Gasteiger partial charge in [-0.2, -0.15) is 0 Å². The van der Waals surface area contributed by atoms with Crippen molar-refractivity contribution in [1.29, 1.82) is 0 Å². The predicted octanol–water partition coefficient (Wildman–Crippen LogP) is 1.76. The Labute approximate surface area is 169 Å². The molecule has 2 aliphatic heterocycles. The number of ether oxygens (including phenoxy) is 1. The van der Waals surface area contributed by atoms with Crippen molar-refractivity contribution in [1.82, 2.24) is 10.2 Å². The lowest BCUT2D eigenvalue weighted by Gasteiger charge is -2.26. The summed E-state index contributed by atoms with van der Waals surface area (Å²) in [4.78, 5) is 52.7. The van der Waals surface area contributed by atoms with Gasteiger partial charge in [-0.15, -0.1) is 0 Å². The summed E-state index contributed by atoms with van der Waals surface area (Å²) in [6, 6.07) is 7.04. The zero-order valence-electron chi connectivity index (χ0n) is 16.6. The topological polar surface area (TPSA) is 96.0 Å². The summed E-state index contributed by atoms with van der Waals surface area (Å²) in [5, 5.41) is 2.73. The second-order valence-corrected chi connectivity index (χ2v) is 8.13. The third-order valence-electron chi connectivity index (χ3n) is 6.09. The first-order chi connectivity index (χ1) is 13.8. The molecule has 2 atom stereocenters. The number of para-hydroxylation sites is 1. The molecule has 1 saturated carbocycles. The van der Waals surface area contributed by atoms with Crippen LogP contribution in [0, 0.1) is 0 Å². The molecule has 0 aromatic heterocycles. The van der Waals surface area contributed by atoms with Gasteiger partial charge in [0.05, 0.1) is 0 Å². The molecule has 4 amide bonds. The van der Waals surface area contributed by atoms with E-state index in [9.17, 15) is 19.2 Å². The molecule has 1 spiro atoms. The van der Waals surface area contributed by atoms with Gasteiger partial charge in [-0.3, -0.25) is 19.3 Å². The molecular weight excluding hydrogens is 374 g/mol. The van der Waals surface area contributed by atoms with Gasteiger partial charge in [0.2, 0.25) is 0 Å². The predicted molar refractivity (Wildman–Crippen MR) is 104 cm³/mol. The SMILES string of the molecule is C[C@@H]1Cc2ccccc2N1C(=O)[C@@H](C)OC(=O)CN1C(=O)NC2(CCCC2)C1=O. The summed E-state index contributed by atoms with van der Waals surface area (Å²) in [6.45, 7) is 2.97. The maximum atomic E-state index is 12.9. The van der Waals surface area contributed by atoms with Crippen LogP contribution >= 0.6 is 0 Å². The third-order valence-corrected chi connectivity index (χ3v) is 6.09. The maximum absolute atomic E-state index is 12.9. The molecule has 1 aliphatic carbocycles. The number of rotatable bonds is 4. The number of amides is 4. The normalized spacial score (nSPS) is 23.3. The molecule has 8 heteroatoms. The first-order valence-electron chi connectivity index (χ1n) is 10.1. The Kier molecular flexibility index (Phi) is 4.80. The number of imide groups is 1. The Bertz CT molecular complexity index is 877. The number of benzene rings is 1. The van der Waals surface area contributed by atoms with E-state index in [1.165, 1.54) is 6.92 Å². The first-order valence-corrected chi connectivity index (χ1v) is 10.1. The van der Waals surface area contributed by atoms with E-state index in [0.717, 1.165) is 35.4 Å². The highest BCUT2D eigenvalue weighted by molar-refractivity contribution is 6.09. The number of urea groups is 1. The zero-order chi connectivity index (χ0) is 20.8. The van der Waals surface area contributed by atoms with Crippen molar-refractivity contribution < 1.29 is 23.9 Å². The molecule has 1 N–H and O–H groups in total. The van der Waals surface area contributed by atoms with Gasteiger partial charge in [0, 0.05) is 11.7 Å². The second-order valence-electron chi connectivity index (χ2n) is 8.13. The van der Waals surface area contributed by atoms with Crippen molar-refractivity contribution in [3.63, 3.8) is 0 Å². The highest BCUT2D eigenvalue weighted by atomic mass is 16.5. The molecule has 2 fully saturated rings. The highest BCUT2D eigenvalue weighted by Gasteiger charge is 2.53. The van der Waals surface area contributed by atoms with Crippen LogP contribution in [0.2, 0.25) is 0 Å². The van der Waals surface area contributed by atoms with Gasteiger partial charge >= 0.3 is 12.0 Å². The average molecular weight is 399 g/mol. The summed E-state index contributed by atoms with van der Waals surface area (Å²) in [7, 11) is 0. The van der Waals surface area contributed by atoms with E-state index in [0.29, 0.717) is 12.8 Å². The Balaban J connectivity index is 1.39. The second kappa shape index (κ2) is 7.17. The van der Waals surface area contributed by atoms with Crippen molar-refractivity contribution in [2.75, 3.05) is 11.4 Å². The monoisotopic (exact) mass is 399 g/mol. The summed E-state index contributed by atoms with van der Waals surface area (Å²) in [6.07, 6.45) is 2.63. The number of carbonyl (C=O) groups is 4. The molecule has 0 radical (unpaired) electrons. The number of hydrogen-bond acceptors (Lipinski definition) is 5. The van der Waals surface area contributed by atoms with E-state index in [-0.39, 0.29) is 17.9 Å².